The number of Topliss-reactive ketones (excluding diaryl/α,β-unsaturated/α-hetero) is 1. The Balaban J connectivity index is 2.02. The Kier molecular flexibility index (Phi) is 4.80. The van der Waals surface area contributed by atoms with Crippen LogP contribution in [0.1, 0.15) is 39.0 Å². The maximum atomic E-state index is 12.2. The van der Waals surface area contributed by atoms with Crippen LogP contribution < -0.4 is 0 Å². The van der Waals surface area contributed by atoms with Gasteiger partial charge >= 0.3 is 0 Å². The number of hydrogen-bond donors (Lipinski definition) is 0. The van der Waals surface area contributed by atoms with Crippen molar-refractivity contribution < 1.29 is 4.79 Å². The summed E-state index contributed by atoms with van der Waals surface area (Å²) in [5, 5.41) is 1.61. The van der Waals surface area contributed by atoms with Crippen LogP contribution in [0.4, 0.5) is 0 Å². The molecule has 2 aromatic rings. The van der Waals surface area contributed by atoms with Crippen LogP contribution in [-0.4, -0.2) is 11.2 Å². The fourth-order valence-corrected chi connectivity index (χ4v) is 2.42. The van der Waals surface area contributed by atoms with Crippen molar-refractivity contribution in [2.24, 2.45) is 0 Å². The topological polar surface area (TPSA) is 17.1 Å². The van der Waals surface area contributed by atoms with Gasteiger partial charge in [0.05, 0.1) is 0 Å². The summed E-state index contributed by atoms with van der Waals surface area (Å²) in [5.41, 5.74) is 5.49. The van der Waals surface area contributed by atoms with Gasteiger partial charge in [-0.15, -0.1) is 0 Å². The second-order valence-electron chi connectivity index (χ2n) is 5.09. The van der Waals surface area contributed by atoms with Gasteiger partial charge in [-0.3, -0.25) is 4.79 Å². The summed E-state index contributed by atoms with van der Waals surface area (Å²) in [7, 11) is 0. The number of hydrogen-bond acceptors (Lipinski definition) is 2. The average molecular weight is 282 g/mol. The highest BCUT2D eigenvalue weighted by Crippen LogP contribution is 2.14. The number of ketones is 1. The molecule has 1 nitrogen and oxygen atoms in total. The molecule has 0 aromatic heterocycles. The Labute approximate surface area is 125 Å². The van der Waals surface area contributed by atoms with Gasteiger partial charge < -0.3 is 0 Å². The average Bonchev–Trinajstić information content (AvgIpc) is 2.46. The van der Waals surface area contributed by atoms with Gasteiger partial charge in [0.2, 0.25) is 0 Å². The van der Waals surface area contributed by atoms with Gasteiger partial charge in [0, 0.05) is 17.4 Å². The number of carbonyl (C=O) groups excluding carboxylic acids is 1. The van der Waals surface area contributed by atoms with Crippen molar-refractivity contribution in [1.29, 1.82) is 0 Å². The second-order valence-corrected chi connectivity index (χ2v) is 5.33. The summed E-state index contributed by atoms with van der Waals surface area (Å²) in [6, 6.07) is 13.8. The van der Waals surface area contributed by atoms with Crippen LogP contribution >= 0.6 is 12.2 Å². The summed E-state index contributed by atoms with van der Waals surface area (Å²) in [6.07, 6.45) is 1.33. The van der Waals surface area contributed by atoms with Crippen LogP contribution in [0, 0.1) is 13.8 Å². The lowest BCUT2D eigenvalue weighted by Gasteiger charge is -2.06. The molecule has 0 unspecified atom stereocenters. The van der Waals surface area contributed by atoms with Gasteiger partial charge in [0.25, 0.3) is 0 Å². The van der Waals surface area contributed by atoms with E-state index in [1.54, 1.807) is 5.37 Å². The van der Waals surface area contributed by atoms with Crippen molar-refractivity contribution in [3.05, 3.63) is 70.3 Å². The first-order chi connectivity index (χ1) is 9.60. The molecule has 0 aliphatic carbocycles. The third-order valence-corrected chi connectivity index (χ3v) is 3.76. The molecular formula is C18H18OS. The van der Waals surface area contributed by atoms with Crippen LogP contribution in [0.3, 0.4) is 0 Å². The molecule has 102 valence electrons. The van der Waals surface area contributed by atoms with E-state index in [4.69, 9.17) is 12.2 Å². The summed E-state index contributed by atoms with van der Waals surface area (Å²) in [5.74, 6) is 0.181. The van der Waals surface area contributed by atoms with E-state index in [0.29, 0.717) is 6.42 Å². The normalized spacial score (nSPS) is 10.3. The minimum absolute atomic E-state index is 0.181. The fourth-order valence-electron chi connectivity index (χ4n) is 2.27. The monoisotopic (exact) mass is 282 g/mol. The fraction of sp³-hybridized carbons (Fsp3) is 0.222. The van der Waals surface area contributed by atoms with Crippen LogP contribution in [0.25, 0.3) is 0 Å². The van der Waals surface area contributed by atoms with Crippen LogP contribution in [0.2, 0.25) is 0 Å². The van der Waals surface area contributed by atoms with Crippen molar-refractivity contribution in [1.82, 2.24) is 0 Å². The van der Waals surface area contributed by atoms with Gasteiger partial charge in [0.15, 0.2) is 5.78 Å². The molecule has 0 N–H and O–H groups in total. The number of thiocarbonyl (C=S) groups is 1. The van der Waals surface area contributed by atoms with E-state index >= 15 is 0 Å². The smallest absolute Gasteiger partial charge is 0.163 e. The molecule has 0 radical (unpaired) electrons. The first kappa shape index (κ1) is 14.6. The zero-order chi connectivity index (χ0) is 14.5. The summed E-state index contributed by atoms with van der Waals surface area (Å²) in [6.45, 7) is 4.18. The van der Waals surface area contributed by atoms with E-state index in [-0.39, 0.29) is 5.78 Å². The molecule has 0 aliphatic heterocycles. The molecular weight excluding hydrogens is 264 g/mol. The molecule has 0 spiro atoms. The molecule has 0 heterocycles. The predicted molar refractivity (Wildman–Crippen MR) is 87.8 cm³/mol. The van der Waals surface area contributed by atoms with Crippen molar-refractivity contribution in [3.8, 4) is 0 Å². The first-order valence-electron chi connectivity index (χ1n) is 6.75. The van der Waals surface area contributed by atoms with Crippen molar-refractivity contribution in [2.45, 2.75) is 26.7 Å². The zero-order valence-corrected chi connectivity index (χ0v) is 12.7. The molecule has 0 saturated heterocycles. The zero-order valence-electron chi connectivity index (χ0n) is 11.8. The highest BCUT2D eigenvalue weighted by Gasteiger charge is 2.07. The molecule has 20 heavy (non-hydrogen) atoms. The molecule has 0 atom stereocenters. The Morgan fingerprint density at radius 2 is 1.80 bits per heavy atom. The number of benzene rings is 2. The quantitative estimate of drug-likeness (QED) is 0.594. The third-order valence-electron chi connectivity index (χ3n) is 3.49. The molecule has 0 fully saturated rings. The third kappa shape index (κ3) is 3.61. The van der Waals surface area contributed by atoms with Crippen molar-refractivity contribution in [3.63, 3.8) is 0 Å². The minimum atomic E-state index is 0.181. The van der Waals surface area contributed by atoms with E-state index in [9.17, 15) is 4.79 Å². The lowest BCUT2D eigenvalue weighted by atomic mass is 9.98. The van der Waals surface area contributed by atoms with E-state index in [1.165, 1.54) is 16.7 Å². The number of aryl methyl sites for hydroxylation is 3. The molecule has 2 rings (SSSR count). The highest BCUT2D eigenvalue weighted by molar-refractivity contribution is 7.79. The Hall–Kier alpha value is -1.80. The molecule has 0 amide bonds. The standard InChI is InChI=1S/C18H18OS/c1-13-3-6-16(14(2)11-13)9-10-18(19)17-7-4-15(12-20)5-8-17/h3-8,11-12H,9-10H2,1-2H3. The highest BCUT2D eigenvalue weighted by atomic mass is 32.1. The first-order valence-corrected chi connectivity index (χ1v) is 7.22. The predicted octanol–water partition coefficient (Wildman–Crippen LogP) is 4.47. The van der Waals surface area contributed by atoms with E-state index in [1.807, 2.05) is 24.3 Å². The van der Waals surface area contributed by atoms with Crippen LogP contribution in [0.15, 0.2) is 42.5 Å². The van der Waals surface area contributed by atoms with Crippen molar-refractivity contribution in [2.75, 3.05) is 0 Å². The molecule has 2 aromatic carbocycles. The molecule has 0 bridgehead atoms. The molecule has 0 saturated carbocycles. The van der Waals surface area contributed by atoms with Gasteiger partial charge in [-0.05, 0) is 37.0 Å². The van der Waals surface area contributed by atoms with E-state index in [0.717, 1.165) is 17.5 Å². The van der Waals surface area contributed by atoms with Gasteiger partial charge in [-0.1, -0.05) is 60.2 Å². The van der Waals surface area contributed by atoms with Crippen LogP contribution in [0.5, 0.6) is 0 Å². The summed E-state index contributed by atoms with van der Waals surface area (Å²) < 4.78 is 0. The second kappa shape index (κ2) is 6.58. The molecule has 2 heteroatoms. The largest absolute Gasteiger partial charge is 0.294 e. The van der Waals surface area contributed by atoms with Crippen molar-refractivity contribution >= 4 is 23.4 Å². The van der Waals surface area contributed by atoms with Crippen LogP contribution in [-0.2, 0) is 6.42 Å². The Morgan fingerprint density at radius 1 is 1.10 bits per heavy atom. The van der Waals surface area contributed by atoms with Gasteiger partial charge in [-0.2, -0.15) is 0 Å². The number of carbonyl (C=O) groups is 1. The minimum Gasteiger partial charge on any atom is -0.294 e. The van der Waals surface area contributed by atoms with E-state index < -0.39 is 0 Å². The maximum absolute atomic E-state index is 12.2. The molecule has 0 aliphatic rings. The van der Waals surface area contributed by atoms with Gasteiger partial charge in [0.1, 0.15) is 0 Å². The van der Waals surface area contributed by atoms with E-state index in [2.05, 4.69) is 32.0 Å². The Morgan fingerprint density at radius 3 is 2.40 bits per heavy atom. The SMILES string of the molecule is Cc1ccc(CCC(=O)c2ccc(C=S)cc2)c(C)c1. The lowest BCUT2D eigenvalue weighted by Crippen LogP contribution is -2.02. The number of rotatable bonds is 5. The summed E-state index contributed by atoms with van der Waals surface area (Å²) in [4.78, 5) is 12.2. The van der Waals surface area contributed by atoms with Gasteiger partial charge in [-0.25, -0.2) is 0 Å². The lowest BCUT2D eigenvalue weighted by molar-refractivity contribution is 0.0983. The maximum Gasteiger partial charge on any atom is 0.163 e. The Bertz CT molecular complexity index is 626. The summed E-state index contributed by atoms with van der Waals surface area (Å²) >= 11 is 4.86.